The number of amides is 3. The van der Waals surface area contributed by atoms with Gasteiger partial charge in [-0.25, -0.2) is 9.79 Å². The molecule has 2 aliphatic heterocycles. The number of hydrogen-bond donors (Lipinski definition) is 1. The first kappa shape index (κ1) is 25.6. The molecule has 1 aromatic rings. The molecule has 2 atom stereocenters. The number of carbonyl (C=O) groups is 2. The van der Waals surface area contributed by atoms with Crippen molar-refractivity contribution in [3.05, 3.63) is 35.9 Å². The number of aliphatic imine (C=N–C) groups is 1. The number of urea groups is 1. The molecule has 2 heterocycles. The molecule has 1 fully saturated rings. The molecule has 0 saturated carbocycles. The van der Waals surface area contributed by atoms with Gasteiger partial charge in [0.25, 0.3) is 5.91 Å². The molecule has 0 aromatic heterocycles. The van der Waals surface area contributed by atoms with Gasteiger partial charge >= 0.3 is 6.03 Å². The lowest BCUT2D eigenvalue weighted by molar-refractivity contribution is -0.127. The van der Waals surface area contributed by atoms with E-state index in [-0.39, 0.29) is 11.9 Å². The molecule has 33 heavy (non-hydrogen) atoms. The molecule has 3 rings (SSSR count). The van der Waals surface area contributed by atoms with E-state index in [1.54, 1.807) is 23.7 Å². The van der Waals surface area contributed by atoms with E-state index in [0.29, 0.717) is 0 Å². The van der Waals surface area contributed by atoms with Crippen LogP contribution in [0, 0.1) is 0 Å². The van der Waals surface area contributed by atoms with Crippen molar-refractivity contribution in [2.75, 3.05) is 19.3 Å². The van der Waals surface area contributed by atoms with Crippen LogP contribution >= 0.6 is 11.8 Å². The topological polar surface area (TPSA) is 65.0 Å². The Balaban J connectivity index is 1.47. The Kier molecular flexibility index (Phi) is 10.6. The number of rotatable bonds is 14. The Morgan fingerprint density at radius 2 is 1.58 bits per heavy atom. The second-order valence-corrected chi connectivity index (χ2v) is 10.2. The quantitative estimate of drug-likeness (QED) is 0.367. The van der Waals surface area contributed by atoms with Gasteiger partial charge in [0.15, 0.2) is 17.4 Å². The third-order valence-electron chi connectivity index (χ3n) is 6.54. The molecule has 0 spiro atoms. The molecular formula is C26H40N4O2S. The van der Waals surface area contributed by atoms with Crippen LogP contribution in [-0.4, -0.2) is 58.5 Å². The molecular weight excluding hydrogens is 432 g/mol. The van der Waals surface area contributed by atoms with Gasteiger partial charge in [-0.2, -0.15) is 0 Å². The molecule has 2 unspecified atom stereocenters. The molecule has 182 valence electrons. The smallest absolute Gasteiger partial charge is 0.325 e. The minimum atomic E-state index is -0.423. The van der Waals surface area contributed by atoms with E-state index in [4.69, 9.17) is 4.99 Å². The average Bonchev–Trinajstić information content (AvgIpc) is 3.18. The van der Waals surface area contributed by atoms with Crippen molar-refractivity contribution in [1.29, 1.82) is 0 Å². The highest BCUT2D eigenvalue weighted by molar-refractivity contribution is 8.13. The Morgan fingerprint density at radius 1 is 0.939 bits per heavy atom. The van der Waals surface area contributed by atoms with Crippen molar-refractivity contribution in [2.24, 2.45) is 4.99 Å². The lowest BCUT2D eigenvalue weighted by Gasteiger charge is -2.36. The summed E-state index contributed by atoms with van der Waals surface area (Å²) in [5.74, 6) is 0.674. The fourth-order valence-electron chi connectivity index (χ4n) is 4.53. The number of aryl methyl sites for hydroxylation is 1. The monoisotopic (exact) mass is 472 g/mol. The van der Waals surface area contributed by atoms with E-state index < -0.39 is 12.2 Å². The number of carbonyl (C=O) groups excluding carboxylic acids is 2. The fourth-order valence-corrected chi connectivity index (χ4v) is 5.60. The highest BCUT2D eigenvalue weighted by Gasteiger charge is 2.48. The molecule has 0 bridgehead atoms. The van der Waals surface area contributed by atoms with Gasteiger partial charge in [-0.3, -0.25) is 10.1 Å². The maximum Gasteiger partial charge on any atom is 0.325 e. The van der Waals surface area contributed by atoms with Gasteiger partial charge in [0.1, 0.15) is 0 Å². The lowest BCUT2D eigenvalue weighted by atomic mass is 10.1. The van der Waals surface area contributed by atoms with Gasteiger partial charge in [-0.05, 0) is 18.4 Å². The largest absolute Gasteiger partial charge is 0.336 e. The Bertz CT molecular complexity index is 786. The van der Waals surface area contributed by atoms with E-state index >= 15 is 0 Å². The average molecular weight is 473 g/mol. The predicted octanol–water partition coefficient (Wildman–Crippen LogP) is 5.43. The number of likely N-dealkylation sites (N-methyl/N-ethyl adjacent to an activating group) is 1. The lowest BCUT2D eigenvalue weighted by Crippen LogP contribution is -2.63. The van der Waals surface area contributed by atoms with Crippen LogP contribution in [0.1, 0.15) is 76.7 Å². The van der Waals surface area contributed by atoms with Crippen molar-refractivity contribution >= 4 is 28.9 Å². The van der Waals surface area contributed by atoms with E-state index in [1.165, 1.54) is 63.4 Å². The summed E-state index contributed by atoms with van der Waals surface area (Å²) in [6.07, 6.45) is 13.4. The van der Waals surface area contributed by atoms with Crippen molar-refractivity contribution in [2.45, 2.75) is 89.8 Å². The van der Waals surface area contributed by atoms with Crippen molar-refractivity contribution in [1.82, 2.24) is 15.1 Å². The molecule has 1 saturated heterocycles. The van der Waals surface area contributed by atoms with Crippen LogP contribution in [-0.2, 0) is 11.2 Å². The summed E-state index contributed by atoms with van der Waals surface area (Å²) >= 11 is 1.70. The maximum atomic E-state index is 12.7. The van der Waals surface area contributed by atoms with Gasteiger partial charge in [0, 0.05) is 19.3 Å². The summed E-state index contributed by atoms with van der Waals surface area (Å²) in [7, 11) is 1.72. The van der Waals surface area contributed by atoms with Crippen LogP contribution in [0.25, 0.3) is 0 Å². The van der Waals surface area contributed by atoms with E-state index in [9.17, 15) is 9.59 Å². The fraction of sp³-hybridized carbons (Fsp3) is 0.654. The second-order valence-electron chi connectivity index (χ2n) is 9.13. The van der Waals surface area contributed by atoms with Crippen LogP contribution in [0.5, 0.6) is 0 Å². The maximum absolute atomic E-state index is 12.7. The van der Waals surface area contributed by atoms with Gasteiger partial charge in [0.2, 0.25) is 0 Å². The van der Waals surface area contributed by atoms with Crippen molar-refractivity contribution in [3.8, 4) is 0 Å². The molecule has 0 aliphatic carbocycles. The zero-order valence-corrected chi connectivity index (χ0v) is 21.1. The number of fused-ring (bicyclic) bond motifs is 1. The normalized spacial score (nSPS) is 20.1. The van der Waals surface area contributed by atoms with Crippen molar-refractivity contribution < 1.29 is 9.59 Å². The molecule has 1 aromatic carbocycles. The van der Waals surface area contributed by atoms with Gasteiger partial charge in [0.05, 0.1) is 0 Å². The number of unbranched alkanes of at least 4 members (excludes halogenated alkanes) is 9. The number of nitrogens with one attached hydrogen (secondary N) is 1. The summed E-state index contributed by atoms with van der Waals surface area (Å²) in [5.41, 5.74) is 1.30. The van der Waals surface area contributed by atoms with Gasteiger partial charge in [-0.15, -0.1) is 0 Å². The molecule has 1 N–H and O–H groups in total. The van der Waals surface area contributed by atoms with Crippen molar-refractivity contribution in [3.63, 3.8) is 0 Å². The van der Waals surface area contributed by atoms with Crippen LogP contribution in [0.4, 0.5) is 4.79 Å². The first-order valence-corrected chi connectivity index (χ1v) is 13.7. The third-order valence-corrected chi connectivity index (χ3v) is 7.55. The SMILES string of the molecule is CCCCCCCCCCCCN1C(SCCc2ccccc2)=NC2C1C(=O)NC(=O)N2C. The summed E-state index contributed by atoms with van der Waals surface area (Å²) < 4.78 is 0. The number of nitrogens with zero attached hydrogens (tertiary/aromatic N) is 3. The molecule has 7 heteroatoms. The second kappa shape index (κ2) is 13.6. The zero-order chi connectivity index (χ0) is 23.5. The van der Waals surface area contributed by atoms with Crippen LogP contribution in [0.3, 0.4) is 0 Å². The number of amidine groups is 1. The summed E-state index contributed by atoms with van der Waals surface area (Å²) in [6.45, 7) is 3.07. The Morgan fingerprint density at radius 3 is 2.24 bits per heavy atom. The van der Waals surface area contributed by atoms with Crippen LogP contribution in [0.2, 0.25) is 0 Å². The Labute approximate surface area is 203 Å². The van der Waals surface area contributed by atoms with E-state index in [0.717, 1.165) is 30.3 Å². The first-order chi connectivity index (χ1) is 16.1. The van der Waals surface area contributed by atoms with E-state index in [1.807, 2.05) is 6.07 Å². The van der Waals surface area contributed by atoms with Gasteiger partial charge in [-0.1, -0.05) is 107 Å². The Hall–Kier alpha value is -2.02. The highest BCUT2D eigenvalue weighted by Crippen LogP contribution is 2.29. The highest BCUT2D eigenvalue weighted by atomic mass is 32.2. The predicted molar refractivity (Wildman–Crippen MR) is 137 cm³/mol. The minimum absolute atomic E-state index is 0.224. The van der Waals surface area contributed by atoms with Crippen LogP contribution < -0.4 is 5.32 Å². The molecule has 3 amide bonds. The number of hydrogen-bond acceptors (Lipinski definition) is 5. The van der Waals surface area contributed by atoms with Crippen LogP contribution in [0.15, 0.2) is 35.3 Å². The number of benzene rings is 1. The molecule has 6 nitrogen and oxygen atoms in total. The third kappa shape index (κ3) is 7.49. The first-order valence-electron chi connectivity index (χ1n) is 12.7. The standard InChI is InChI=1S/C26H40N4O2S/c1-3-4-5-6-7-8-9-10-11-15-19-30-22-23(29(2)25(32)28-24(22)31)27-26(30)33-20-18-21-16-13-12-14-17-21/h12-14,16-17,22-23H,3-11,15,18-20H2,1-2H3,(H,28,31,32). The van der Waals surface area contributed by atoms with Gasteiger partial charge < -0.3 is 9.80 Å². The summed E-state index contributed by atoms with van der Waals surface area (Å²) in [6, 6.07) is 9.65. The van der Waals surface area contributed by atoms with E-state index in [2.05, 4.69) is 41.4 Å². The summed E-state index contributed by atoms with van der Waals surface area (Å²) in [5, 5.41) is 3.39. The summed E-state index contributed by atoms with van der Waals surface area (Å²) in [4.78, 5) is 33.3. The minimum Gasteiger partial charge on any atom is -0.336 e. The number of thioether (sulfide) groups is 1. The molecule has 0 radical (unpaired) electrons. The zero-order valence-electron chi connectivity index (χ0n) is 20.3. The number of imide groups is 1. The molecule has 2 aliphatic rings.